The van der Waals surface area contributed by atoms with Crippen LogP contribution < -0.4 is 4.74 Å². The minimum Gasteiger partial charge on any atom is -0.485 e. The van der Waals surface area contributed by atoms with E-state index in [-0.39, 0.29) is 0 Å². The highest BCUT2D eigenvalue weighted by Gasteiger charge is 2.13. The molecule has 0 aliphatic carbocycles. The molecule has 4 rings (SSSR count). The molecule has 0 fully saturated rings. The second-order valence-corrected chi connectivity index (χ2v) is 9.06. The first-order chi connectivity index (χ1) is 14.5. The maximum atomic E-state index is 5.96. The number of thioether (sulfide) groups is 1. The number of thiazole rings is 1. The average Bonchev–Trinajstić information content (AvgIpc) is 3.33. The van der Waals surface area contributed by atoms with Crippen molar-refractivity contribution in [2.45, 2.75) is 38.3 Å². The Kier molecular flexibility index (Phi) is 6.20. The molecule has 2 aromatic carbocycles. The molecule has 4 aromatic rings. The van der Waals surface area contributed by atoms with E-state index in [4.69, 9.17) is 9.72 Å². The number of ether oxygens (including phenoxy) is 1. The molecule has 0 spiro atoms. The lowest BCUT2D eigenvalue weighted by Crippen LogP contribution is -2.05. The van der Waals surface area contributed by atoms with Crippen LogP contribution >= 0.6 is 23.1 Å². The van der Waals surface area contributed by atoms with Crippen LogP contribution in [0.25, 0.3) is 10.6 Å². The van der Waals surface area contributed by atoms with Crippen LogP contribution in [0.3, 0.4) is 0 Å². The third kappa shape index (κ3) is 4.57. The van der Waals surface area contributed by atoms with Crippen LogP contribution in [0, 0.1) is 20.8 Å². The minimum atomic E-state index is 0.391. The average molecular weight is 437 g/mol. The van der Waals surface area contributed by atoms with E-state index in [0.717, 1.165) is 38.7 Å². The first-order valence-electron chi connectivity index (χ1n) is 9.73. The van der Waals surface area contributed by atoms with Crippen molar-refractivity contribution in [1.82, 2.24) is 19.7 Å². The largest absolute Gasteiger partial charge is 0.485 e. The molecule has 0 aliphatic rings. The molecule has 0 radical (unpaired) electrons. The van der Waals surface area contributed by atoms with Crippen molar-refractivity contribution in [2.24, 2.45) is 7.05 Å². The number of aromatic nitrogens is 4. The lowest BCUT2D eigenvalue weighted by molar-refractivity contribution is 0.288. The fourth-order valence-corrected chi connectivity index (χ4v) is 4.99. The summed E-state index contributed by atoms with van der Waals surface area (Å²) >= 11 is 3.32. The van der Waals surface area contributed by atoms with E-state index in [1.165, 1.54) is 16.7 Å². The van der Waals surface area contributed by atoms with Gasteiger partial charge in [-0.25, -0.2) is 4.98 Å². The minimum absolute atomic E-state index is 0.391. The van der Waals surface area contributed by atoms with Gasteiger partial charge < -0.3 is 9.30 Å². The van der Waals surface area contributed by atoms with Gasteiger partial charge in [-0.3, -0.25) is 0 Å². The maximum Gasteiger partial charge on any atom is 0.191 e. The smallest absolute Gasteiger partial charge is 0.191 e. The fraction of sp³-hybridized carbons (Fsp3) is 0.261. The Bertz CT molecular complexity index is 1170. The molecule has 0 N–H and O–H groups in total. The molecule has 2 heterocycles. The molecule has 0 bridgehead atoms. The summed E-state index contributed by atoms with van der Waals surface area (Å²) in [6.07, 6.45) is 0. The van der Waals surface area contributed by atoms with Gasteiger partial charge in [0, 0.05) is 23.7 Å². The molecule has 0 aliphatic heterocycles. The third-order valence-electron chi connectivity index (χ3n) is 4.89. The number of nitrogens with zero attached hydrogens (tertiary/aromatic N) is 4. The Labute approximate surface area is 185 Å². The molecule has 7 heteroatoms. The van der Waals surface area contributed by atoms with Crippen molar-refractivity contribution < 1.29 is 4.74 Å². The second kappa shape index (κ2) is 9.02. The van der Waals surface area contributed by atoms with Crippen LogP contribution in [0.15, 0.2) is 53.0 Å². The number of hydrogen-bond acceptors (Lipinski definition) is 6. The van der Waals surface area contributed by atoms with E-state index in [0.29, 0.717) is 6.61 Å². The molecular formula is C23H24N4OS2. The summed E-state index contributed by atoms with van der Waals surface area (Å²) < 4.78 is 7.94. The molecular weight excluding hydrogens is 412 g/mol. The predicted molar refractivity (Wildman–Crippen MR) is 123 cm³/mol. The number of rotatable bonds is 7. The highest BCUT2D eigenvalue weighted by atomic mass is 32.2. The molecule has 0 atom stereocenters. The lowest BCUT2D eigenvalue weighted by Gasteiger charge is -2.09. The Balaban J connectivity index is 1.38. The van der Waals surface area contributed by atoms with Gasteiger partial charge in [0.1, 0.15) is 17.4 Å². The van der Waals surface area contributed by atoms with Gasteiger partial charge in [0.2, 0.25) is 0 Å². The SMILES string of the molecule is Cc1ccc(OCc2nnc(SCc3csc(-c4ccccc4C)n3)n2C)c(C)c1. The predicted octanol–water partition coefficient (Wildman–Crippen LogP) is 5.74. The fourth-order valence-electron chi connectivity index (χ4n) is 3.15. The normalized spacial score (nSPS) is 11.1. The van der Waals surface area contributed by atoms with Gasteiger partial charge in [-0.2, -0.15) is 0 Å². The number of hydrogen-bond donors (Lipinski definition) is 0. The molecule has 0 amide bonds. The van der Waals surface area contributed by atoms with E-state index >= 15 is 0 Å². The van der Waals surface area contributed by atoms with Crippen LogP contribution in [0.5, 0.6) is 5.75 Å². The van der Waals surface area contributed by atoms with Crippen molar-refractivity contribution in [3.05, 3.63) is 76.1 Å². The highest BCUT2D eigenvalue weighted by molar-refractivity contribution is 7.98. The van der Waals surface area contributed by atoms with Gasteiger partial charge in [0.25, 0.3) is 0 Å². The number of benzene rings is 2. The Hall–Kier alpha value is -2.64. The second-order valence-electron chi connectivity index (χ2n) is 7.26. The monoisotopic (exact) mass is 436 g/mol. The van der Waals surface area contributed by atoms with E-state index in [9.17, 15) is 0 Å². The molecule has 30 heavy (non-hydrogen) atoms. The van der Waals surface area contributed by atoms with Crippen LogP contribution in [-0.4, -0.2) is 19.7 Å². The van der Waals surface area contributed by atoms with Gasteiger partial charge in [-0.15, -0.1) is 21.5 Å². The van der Waals surface area contributed by atoms with Crippen LogP contribution in [0.1, 0.15) is 28.2 Å². The first-order valence-corrected chi connectivity index (χ1v) is 11.6. The van der Waals surface area contributed by atoms with E-state index in [2.05, 4.69) is 72.7 Å². The zero-order valence-corrected chi connectivity index (χ0v) is 19.2. The molecule has 154 valence electrons. The summed E-state index contributed by atoms with van der Waals surface area (Å²) in [5.74, 6) is 2.44. The summed E-state index contributed by atoms with van der Waals surface area (Å²) in [4.78, 5) is 4.80. The molecule has 2 aromatic heterocycles. The van der Waals surface area contributed by atoms with Gasteiger partial charge in [0.05, 0.1) is 5.69 Å². The van der Waals surface area contributed by atoms with Gasteiger partial charge in [0.15, 0.2) is 11.0 Å². The van der Waals surface area contributed by atoms with Crippen molar-refractivity contribution in [1.29, 1.82) is 0 Å². The standard InChI is InChI=1S/C23H24N4OS2/c1-15-9-10-20(17(3)11-15)28-12-21-25-26-23(27(21)4)30-14-18-13-29-22(24-18)19-8-6-5-7-16(19)2/h5-11,13H,12,14H2,1-4H3. The molecule has 0 saturated heterocycles. The summed E-state index contributed by atoms with van der Waals surface area (Å²) in [5, 5.41) is 12.7. The third-order valence-corrected chi connectivity index (χ3v) is 6.87. The first kappa shape index (κ1) is 20.6. The van der Waals surface area contributed by atoms with Crippen LogP contribution in [-0.2, 0) is 19.4 Å². The Morgan fingerprint density at radius 1 is 1.03 bits per heavy atom. The maximum absolute atomic E-state index is 5.96. The van der Waals surface area contributed by atoms with E-state index < -0.39 is 0 Å². The van der Waals surface area contributed by atoms with Gasteiger partial charge in [-0.1, -0.05) is 53.7 Å². The van der Waals surface area contributed by atoms with E-state index in [1.54, 1.807) is 23.1 Å². The molecule has 0 saturated carbocycles. The van der Waals surface area contributed by atoms with Crippen molar-refractivity contribution in [2.75, 3.05) is 0 Å². The Morgan fingerprint density at radius 2 is 1.87 bits per heavy atom. The van der Waals surface area contributed by atoms with Crippen molar-refractivity contribution in [3.63, 3.8) is 0 Å². The van der Waals surface area contributed by atoms with Crippen LogP contribution in [0.2, 0.25) is 0 Å². The van der Waals surface area contributed by atoms with Crippen LogP contribution in [0.4, 0.5) is 0 Å². The van der Waals surface area contributed by atoms with Crippen molar-refractivity contribution in [3.8, 4) is 16.3 Å². The summed E-state index contributed by atoms with van der Waals surface area (Å²) in [7, 11) is 1.98. The van der Waals surface area contributed by atoms with E-state index in [1.807, 2.05) is 17.7 Å². The van der Waals surface area contributed by atoms with Gasteiger partial charge in [-0.05, 0) is 38.0 Å². The topological polar surface area (TPSA) is 52.8 Å². The lowest BCUT2D eigenvalue weighted by atomic mass is 10.1. The summed E-state index contributed by atoms with van der Waals surface area (Å²) in [5.41, 5.74) is 5.85. The molecule has 0 unspecified atom stereocenters. The summed E-state index contributed by atoms with van der Waals surface area (Å²) in [6, 6.07) is 14.5. The quantitative estimate of drug-likeness (QED) is 0.346. The summed E-state index contributed by atoms with van der Waals surface area (Å²) in [6.45, 7) is 6.64. The molecule has 5 nitrogen and oxygen atoms in total. The Morgan fingerprint density at radius 3 is 2.67 bits per heavy atom. The van der Waals surface area contributed by atoms with Crippen molar-refractivity contribution >= 4 is 23.1 Å². The zero-order chi connectivity index (χ0) is 21.1. The number of aryl methyl sites for hydroxylation is 3. The zero-order valence-electron chi connectivity index (χ0n) is 17.5. The van der Waals surface area contributed by atoms with Gasteiger partial charge >= 0.3 is 0 Å². The highest BCUT2D eigenvalue weighted by Crippen LogP contribution is 2.29.